The topological polar surface area (TPSA) is 81.6 Å². The van der Waals surface area contributed by atoms with Crippen molar-refractivity contribution in [3.05, 3.63) is 16.4 Å². The van der Waals surface area contributed by atoms with Crippen LogP contribution in [-0.4, -0.2) is 33.4 Å². The molecular weight excluding hydrogens is 345 g/mol. The Morgan fingerprint density at radius 3 is 1.91 bits per heavy atom. The number of aromatic nitrogens is 2. The van der Waals surface area contributed by atoms with E-state index in [0.29, 0.717) is 0 Å². The van der Waals surface area contributed by atoms with Gasteiger partial charge in [-0.05, 0) is 41.5 Å². The molecule has 0 aliphatic heterocycles. The smallest absolute Gasteiger partial charge is 0.428 e. The molecular formula is C14H19Cl2N3O4. The molecule has 0 unspecified atom stereocenters. The Morgan fingerprint density at radius 2 is 1.52 bits per heavy atom. The molecule has 0 aromatic carbocycles. The van der Waals surface area contributed by atoms with Crippen molar-refractivity contribution in [2.45, 2.75) is 52.7 Å². The van der Waals surface area contributed by atoms with E-state index >= 15 is 0 Å². The first-order valence-electron chi connectivity index (χ1n) is 6.75. The van der Waals surface area contributed by atoms with Crippen molar-refractivity contribution in [2.75, 3.05) is 4.90 Å². The first kappa shape index (κ1) is 19.4. The molecule has 0 N–H and O–H groups in total. The normalized spacial score (nSPS) is 11.8. The summed E-state index contributed by atoms with van der Waals surface area (Å²) in [4.78, 5) is 33.0. The van der Waals surface area contributed by atoms with Crippen LogP contribution in [0, 0.1) is 0 Å². The summed E-state index contributed by atoms with van der Waals surface area (Å²) in [5.41, 5.74) is -1.59. The van der Waals surface area contributed by atoms with Crippen LogP contribution in [0.5, 0.6) is 0 Å². The van der Waals surface area contributed by atoms with Gasteiger partial charge in [-0.2, -0.15) is 0 Å². The maximum Gasteiger partial charge on any atom is 0.517 e. The highest BCUT2D eigenvalue weighted by Crippen LogP contribution is 2.25. The lowest BCUT2D eigenvalue weighted by Gasteiger charge is -2.32. The number of carbonyl (C=O) groups is 2. The van der Waals surface area contributed by atoms with E-state index in [2.05, 4.69) is 9.97 Å². The first-order valence-corrected chi connectivity index (χ1v) is 7.50. The number of hydrogen-bond donors (Lipinski definition) is 0. The van der Waals surface area contributed by atoms with E-state index < -0.39 is 23.4 Å². The number of hydrogen-bond acceptors (Lipinski definition) is 6. The molecule has 23 heavy (non-hydrogen) atoms. The van der Waals surface area contributed by atoms with Crippen molar-refractivity contribution >= 4 is 41.4 Å². The number of nitrogens with zero attached hydrogens (tertiary/aromatic N) is 3. The molecule has 0 saturated carbocycles. The molecule has 0 aliphatic carbocycles. The number of amides is 1. The fraction of sp³-hybridized carbons (Fsp3) is 0.571. The largest absolute Gasteiger partial charge is 0.517 e. The summed E-state index contributed by atoms with van der Waals surface area (Å²) in [6.07, 6.45) is -2.12. The fourth-order valence-corrected chi connectivity index (χ4v) is 1.94. The summed E-state index contributed by atoms with van der Waals surface area (Å²) >= 11 is 11.7. The lowest BCUT2D eigenvalue weighted by atomic mass is 10.1. The summed E-state index contributed by atoms with van der Waals surface area (Å²) in [5, 5.41) is 0.110. The number of rotatable bonds is 1. The van der Waals surface area contributed by atoms with Crippen LogP contribution in [0.25, 0.3) is 0 Å². The minimum atomic E-state index is -1.12. The van der Waals surface area contributed by atoms with E-state index in [1.54, 1.807) is 41.5 Å². The quantitative estimate of drug-likeness (QED) is 0.416. The molecule has 0 radical (unpaired) electrons. The van der Waals surface area contributed by atoms with Crippen LogP contribution < -0.4 is 4.90 Å². The van der Waals surface area contributed by atoms with Gasteiger partial charge in [0.25, 0.3) is 0 Å². The Bertz CT molecular complexity index is 589. The summed E-state index contributed by atoms with van der Waals surface area (Å²) in [6, 6.07) is 1.33. The van der Waals surface area contributed by atoms with Gasteiger partial charge >= 0.3 is 12.2 Å². The van der Waals surface area contributed by atoms with Gasteiger partial charge in [-0.3, -0.25) is 0 Å². The SMILES string of the molecule is CC(C)(C)OC(=O)OC(=O)N(c1nc(Cl)cc(Cl)n1)C(C)(C)C. The average Bonchev–Trinajstić information content (AvgIpc) is 2.21. The zero-order chi connectivity index (χ0) is 18.0. The maximum atomic E-state index is 12.3. The summed E-state index contributed by atoms with van der Waals surface area (Å²) in [6.45, 7) is 10.1. The van der Waals surface area contributed by atoms with Crippen molar-refractivity contribution in [1.82, 2.24) is 9.97 Å². The van der Waals surface area contributed by atoms with Gasteiger partial charge in [0.15, 0.2) is 0 Å². The van der Waals surface area contributed by atoms with Crippen molar-refractivity contribution in [3.63, 3.8) is 0 Å². The van der Waals surface area contributed by atoms with E-state index in [1.807, 2.05) is 0 Å². The van der Waals surface area contributed by atoms with Crippen LogP contribution in [0.15, 0.2) is 6.07 Å². The fourth-order valence-electron chi connectivity index (χ4n) is 1.52. The Kier molecular flexibility index (Phi) is 5.82. The molecule has 1 aromatic rings. The molecule has 1 aromatic heterocycles. The van der Waals surface area contributed by atoms with E-state index in [1.165, 1.54) is 6.07 Å². The zero-order valence-electron chi connectivity index (χ0n) is 13.8. The monoisotopic (exact) mass is 363 g/mol. The molecule has 7 nitrogen and oxygen atoms in total. The van der Waals surface area contributed by atoms with Crippen LogP contribution >= 0.6 is 23.2 Å². The van der Waals surface area contributed by atoms with Crippen molar-refractivity contribution in [2.24, 2.45) is 0 Å². The molecule has 0 bridgehead atoms. The first-order chi connectivity index (χ1) is 10.3. The van der Waals surface area contributed by atoms with Gasteiger partial charge in [-0.15, -0.1) is 0 Å². The van der Waals surface area contributed by atoms with Crippen LogP contribution in [0.4, 0.5) is 15.5 Å². The van der Waals surface area contributed by atoms with Gasteiger partial charge in [-0.1, -0.05) is 23.2 Å². The van der Waals surface area contributed by atoms with Gasteiger partial charge in [0.1, 0.15) is 15.9 Å². The van der Waals surface area contributed by atoms with Gasteiger partial charge in [0.05, 0.1) is 0 Å². The summed E-state index contributed by atoms with van der Waals surface area (Å²) in [5.74, 6) is -0.0800. The van der Waals surface area contributed by atoms with Crippen LogP contribution in [0.3, 0.4) is 0 Å². The van der Waals surface area contributed by atoms with E-state index in [9.17, 15) is 9.59 Å². The van der Waals surface area contributed by atoms with Crippen LogP contribution in [0.2, 0.25) is 10.3 Å². The molecule has 0 spiro atoms. The molecule has 0 fully saturated rings. The molecule has 128 valence electrons. The predicted molar refractivity (Wildman–Crippen MR) is 87.0 cm³/mol. The number of halogens is 2. The molecule has 1 heterocycles. The van der Waals surface area contributed by atoms with Gasteiger partial charge in [0, 0.05) is 11.6 Å². The molecule has 0 aliphatic rings. The highest BCUT2D eigenvalue weighted by molar-refractivity contribution is 6.33. The maximum absolute atomic E-state index is 12.3. The lowest BCUT2D eigenvalue weighted by Crippen LogP contribution is -2.48. The molecule has 1 amide bonds. The number of carbonyl (C=O) groups excluding carboxylic acids is 2. The zero-order valence-corrected chi connectivity index (χ0v) is 15.3. The van der Waals surface area contributed by atoms with E-state index in [4.69, 9.17) is 32.7 Å². The Balaban J connectivity index is 3.08. The lowest BCUT2D eigenvalue weighted by molar-refractivity contribution is 0.00953. The summed E-state index contributed by atoms with van der Waals surface area (Å²) < 4.78 is 9.66. The Hall–Kier alpha value is -1.60. The third-order valence-corrected chi connectivity index (χ3v) is 2.65. The highest BCUT2D eigenvalue weighted by atomic mass is 35.5. The third kappa shape index (κ3) is 6.19. The minimum Gasteiger partial charge on any atom is -0.428 e. The molecule has 0 saturated heterocycles. The average molecular weight is 364 g/mol. The minimum absolute atomic E-state index is 0.0549. The number of anilines is 1. The predicted octanol–water partition coefficient (Wildman–Crippen LogP) is 4.46. The molecule has 0 atom stereocenters. The second kappa shape index (κ2) is 6.88. The van der Waals surface area contributed by atoms with E-state index in [-0.39, 0.29) is 16.3 Å². The van der Waals surface area contributed by atoms with Crippen LogP contribution in [0.1, 0.15) is 41.5 Å². The second-order valence-electron chi connectivity index (χ2n) is 6.65. The standard InChI is InChI=1S/C14H19Cl2N3O4/c1-13(2,3)19(10-17-8(15)7-9(16)18-10)11(20)22-12(21)23-14(4,5)6/h7H,1-6H3. The highest BCUT2D eigenvalue weighted by Gasteiger charge is 2.34. The van der Waals surface area contributed by atoms with Crippen LogP contribution in [-0.2, 0) is 9.47 Å². The molecule has 1 rings (SSSR count). The molecule has 9 heteroatoms. The van der Waals surface area contributed by atoms with Gasteiger partial charge in [-0.25, -0.2) is 24.5 Å². The van der Waals surface area contributed by atoms with Crippen molar-refractivity contribution < 1.29 is 19.1 Å². The van der Waals surface area contributed by atoms with Crippen molar-refractivity contribution in [1.29, 1.82) is 0 Å². The third-order valence-electron chi connectivity index (χ3n) is 2.27. The van der Waals surface area contributed by atoms with Gasteiger partial charge in [0.2, 0.25) is 5.95 Å². The summed E-state index contributed by atoms with van der Waals surface area (Å²) in [7, 11) is 0. The van der Waals surface area contributed by atoms with E-state index in [0.717, 1.165) is 4.90 Å². The Labute approximate surface area is 144 Å². The van der Waals surface area contributed by atoms with Gasteiger partial charge < -0.3 is 9.47 Å². The Morgan fingerprint density at radius 1 is 1.04 bits per heavy atom. The van der Waals surface area contributed by atoms with Crippen molar-refractivity contribution in [3.8, 4) is 0 Å². The number of ether oxygens (including phenoxy) is 2. The second-order valence-corrected chi connectivity index (χ2v) is 7.43.